The van der Waals surface area contributed by atoms with Crippen molar-refractivity contribution >= 4 is 5.95 Å². The molecule has 80 valence electrons. The normalized spacial score (nSPS) is 10.9. The SMILES string of the molecule is CC(C)Nc1nccn1Cc1cn[nH]c1. The average molecular weight is 205 g/mol. The molecule has 0 aliphatic heterocycles. The summed E-state index contributed by atoms with van der Waals surface area (Å²) in [5.41, 5.74) is 1.14. The second-order valence-electron chi connectivity index (χ2n) is 3.78. The Morgan fingerprint density at radius 2 is 2.40 bits per heavy atom. The molecule has 0 aliphatic rings. The molecule has 0 atom stereocenters. The van der Waals surface area contributed by atoms with Crippen molar-refractivity contribution in [2.45, 2.75) is 26.4 Å². The maximum Gasteiger partial charge on any atom is 0.203 e. The van der Waals surface area contributed by atoms with Crippen molar-refractivity contribution in [1.82, 2.24) is 19.7 Å². The second-order valence-corrected chi connectivity index (χ2v) is 3.78. The summed E-state index contributed by atoms with van der Waals surface area (Å²) in [6.07, 6.45) is 7.46. The number of rotatable bonds is 4. The summed E-state index contributed by atoms with van der Waals surface area (Å²) in [6.45, 7) is 4.97. The van der Waals surface area contributed by atoms with Crippen LogP contribution in [-0.4, -0.2) is 25.8 Å². The molecule has 2 rings (SSSR count). The van der Waals surface area contributed by atoms with E-state index in [0.29, 0.717) is 6.04 Å². The third kappa shape index (κ3) is 2.37. The van der Waals surface area contributed by atoms with Crippen LogP contribution in [0.1, 0.15) is 19.4 Å². The lowest BCUT2D eigenvalue weighted by atomic mass is 10.3. The fourth-order valence-electron chi connectivity index (χ4n) is 1.40. The Labute approximate surface area is 88.5 Å². The Morgan fingerprint density at radius 3 is 3.07 bits per heavy atom. The van der Waals surface area contributed by atoms with Crippen LogP contribution in [0.2, 0.25) is 0 Å². The van der Waals surface area contributed by atoms with Crippen LogP contribution in [0, 0.1) is 0 Å². The van der Waals surface area contributed by atoms with Gasteiger partial charge < -0.3 is 9.88 Å². The average Bonchev–Trinajstić information content (AvgIpc) is 2.78. The van der Waals surface area contributed by atoms with Gasteiger partial charge in [-0.2, -0.15) is 5.10 Å². The molecule has 2 aromatic heterocycles. The van der Waals surface area contributed by atoms with Crippen LogP contribution in [-0.2, 0) is 6.54 Å². The highest BCUT2D eigenvalue weighted by atomic mass is 15.2. The Hall–Kier alpha value is -1.78. The summed E-state index contributed by atoms with van der Waals surface area (Å²) in [6, 6.07) is 0.385. The van der Waals surface area contributed by atoms with Gasteiger partial charge in [0.05, 0.1) is 12.7 Å². The minimum Gasteiger partial charge on any atom is -0.353 e. The van der Waals surface area contributed by atoms with Gasteiger partial charge in [0, 0.05) is 30.2 Å². The summed E-state index contributed by atoms with van der Waals surface area (Å²) in [4.78, 5) is 4.26. The maximum absolute atomic E-state index is 4.26. The lowest BCUT2D eigenvalue weighted by Gasteiger charge is -2.11. The van der Waals surface area contributed by atoms with Crippen LogP contribution >= 0.6 is 0 Å². The van der Waals surface area contributed by atoms with Crippen molar-refractivity contribution in [2.24, 2.45) is 0 Å². The molecule has 0 bridgehead atoms. The minimum absolute atomic E-state index is 0.385. The van der Waals surface area contributed by atoms with Gasteiger partial charge >= 0.3 is 0 Å². The molecule has 0 saturated carbocycles. The quantitative estimate of drug-likeness (QED) is 0.794. The van der Waals surface area contributed by atoms with Gasteiger partial charge in [-0.25, -0.2) is 4.98 Å². The summed E-state index contributed by atoms with van der Waals surface area (Å²) < 4.78 is 2.06. The number of anilines is 1. The summed E-state index contributed by atoms with van der Waals surface area (Å²) in [5, 5.41) is 10.00. The smallest absolute Gasteiger partial charge is 0.203 e. The highest BCUT2D eigenvalue weighted by Crippen LogP contribution is 2.08. The van der Waals surface area contributed by atoms with Gasteiger partial charge in [0.25, 0.3) is 0 Å². The Kier molecular flexibility index (Phi) is 2.71. The molecule has 0 radical (unpaired) electrons. The van der Waals surface area contributed by atoms with Crippen molar-refractivity contribution in [3.8, 4) is 0 Å². The van der Waals surface area contributed by atoms with E-state index in [1.807, 2.05) is 18.6 Å². The first-order valence-electron chi connectivity index (χ1n) is 5.01. The van der Waals surface area contributed by atoms with Gasteiger partial charge in [0.2, 0.25) is 5.95 Å². The largest absolute Gasteiger partial charge is 0.353 e. The van der Waals surface area contributed by atoms with Crippen molar-refractivity contribution in [2.75, 3.05) is 5.32 Å². The molecule has 15 heavy (non-hydrogen) atoms. The van der Waals surface area contributed by atoms with Gasteiger partial charge in [-0.15, -0.1) is 0 Å². The number of H-pyrrole nitrogens is 1. The molecular weight excluding hydrogens is 190 g/mol. The lowest BCUT2D eigenvalue weighted by molar-refractivity contribution is 0.774. The summed E-state index contributed by atoms with van der Waals surface area (Å²) >= 11 is 0. The molecule has 0 saturated heterocycles. The maximum atomic E-state index is 4.26. The number of imidazole rings is 1. The molecule has 2 aromatic rings. The molecule has 0 unspecified atom stereocenters. The molecule has 5 heteroatoms. The van der Waals surface area contributed by atoms with Gasteiger partial charge in [-0.3, -0.25) is 5.10 Å². The fourth-order valence-corrected chi connectivity index (χ4v) is 1.40. The lowest BCUT2D eigenvalue weighted by Crippen LogP contribution is -2.14. The summed E-state index contributed by atoms with van der Waals surface area (Å²) in [7, 11) is 0. The predicted molar refractivity (Wildman–Crippen MR) is 58.7 cm³/mol. The number of aromatic amines is 1. The van der Waals surface area contributed by atoms with Crippen LogP contribution < -0.4 is 5.32 Å². The van der Waals surface area contributed by atoms with Gasteiger partial charge in [-0.05, 0) is 13.8 Å². The Bertz CT molecular complexity index is 401. The number of aromatic nitrogens is 4. The zero-order valence-electron chi connectivity index (χ0n) is 8.94. The first-order chi connectivity index (χ1) is 7.25. The highest BCUT2D eigenvalue weighted by molar-refractivity contribution is 5.28. The van der Waals surface area contributed by atoms with E-state index in [9.17, 15) is 0 Å². The predicted octanol–water partition coefficient (Wildman–Crippen LogP) is 1.47. The first kappa shape index (κ1) is 9.76. The fraction of sp³-hybridized carbons (Fsp3) is 0.400. The van der Waals surface area contributed by atoms with E-state index < -0.39 is 0 Å². The molecular formula is C10H15N5. The zero-order valence-corrected chi connectivity index (χ0v) is 8.94. The van der Waals surface area contributed by atoms with Crippen molar-refractivity contribution in [3.63, 3.8) is 0 Å². The van der Waals surface area contributed by atoms with Crippen LogP contribution in [0.25, 0.3) is 0 Å². The number of nitrogens with zero attached hydrogens (tertiary/aromatic N) is 3. The standard InChI is InChI=1S/C10H15N5/c1-8(2)14-10-11-3-4-15(10)7-9-5-12-13-6-9/h3-6,8H,7H2,1-2H3,(H,11,14)(H,12,13). The molecule has 0 fully saturated rings. The molecule has 2 heterocycles. The third-order valence-corrected chi connectivity index (χ3v) is 2.04. The van der Waals surface area contributed by atoms with Crippen molar-refractivity contribution < 1.29 is 0 Å². The van der Waals surface area contributed by atoms with E-state index in [4.69, 9.17) is 0 Å². The van der Waals surface area contributed by atoms with E-state index >= 15 is 0 Å². The zero-order chi connectivity index (χ0) is 10.7. The number of nitrogens with one attached hydrogen (secondary N) is 2. The van der Waals surface area contributed by atoms with E-state index in [2.05, 4.69) is 38.9 Å². The molecule has 0 aliphatic carbocycles. The monoisotopic (exact) mass is 205 g/mol. The molecule has 0 spiro atoms. The van der Waals surface area contributed by atoms with Gasteiger partial charge in [-0.1, -0.05) is 0 Å². The van der Waals surface area contributed by atoms with E-state index in [1.54, 1.807) is 6.20 Å². The van der Waals surface area contributed by atoms with Crippen molar-refractivity contribution in [3.05, 3.63) is 30.4 Å². The highest BCUT2D eigenvalue weighted by Gasteiger charge is 2.04. The molecule has 0 aromatic carbocycles. The number of hydrogen-bond donors (Lipinski definition) is 2. The summed E-state index contributed by atoms with van der Waals surface area (Å²) in [5.74, 6) is 0.895. The Balaban J connectivity index is 2.11. The minimum atomic E-state index is 0.385. The third-order valence-electron chi connectivity index (χ3n) is 2.04. The first-order valence-corrected chi connectivity index (χ1v) is 5.01. The van der Waals surface area contributed by atoms with Crippen LogP contribution in [0.15, 0.2) is 24.8 Å². The van der Waals surface area contributed by atoms with Crippen LogP contribution in [0.3, 0.4) is 0 Å². The van der Waals surface area contributed by atoms with E-state index in [-0.39, 0.29) is 0 Å². The molecule has 0 amide bonds. The number of hydrogen-bond acceptors (Lipinski definition) is 3. The van der Waals surface area contributed by atoms with Crippen LogP contribution in [0.4, 0.5) is 5.95 Å². The van der Waals surface area contributed by atoms with E-state index in [1.165, 1.54) is 0 Å². The van der Waals surface area contributed by atoms with Gasteiger partial charge in [0.15, 0.2) is 0 Å². The topological polar surface area (TPSA) is 58.5 Å². The Morgan fingerprint density at radius 1 is 1.53 bits per heavy atom. The molecule has 5 nitrogen and oxygen atoms in total. The van der Waals surface area contributed by atoms with E-state index in [0.717, 1.165) is 18.1 Å². The second kappa shape index (κ2) is 4.16. The van der Waals surface area contributed by atoms with Gasteiger partial charge in [0.1, 0.15) is 0 Å². The molecule has 2 N–H and O–H groups in total. The van der Waals surface area contributed by atoms with Crippen molar-refractivity contribution in [1.29, 1.82) is 0 Å². The van der Waals surface area contributed by atoms with Crippen LogP contribution in [0.5, 0.6) is 0 Å².